The topological polar surface area (TPSA) is 75.6 Å². The average molecular weight is 231 g/mol. The van der Waals surface area contributed by atoms with Gasteiger partial charge in [-0.25, -0.2) is 4.79 Å². The SMILES string of the molecule is CC(C)CCC(C)NC(=O)COCC(=O)O. The van der Waals surface area contributed by atoms with Crippen molar-refractivity contribution in [2.45, 2.75) is 39.7 Å². The third-order valence-corrected chi connectivity index (χ3v) is 2.04. The molecule has 16 heavy (non-hydrogen) atoms. The van der Waals surface area contributed by atoms with Crippen LogP contribution in [0.4, 0.5) is 0 Å². The summed E-state index contributed by atoms with van der Waals surface area (Å²) in [5.41, 5.74) is 0. The molecule has 0 heterocycles. The normalized spacial score (nSPS) is 12.5. The average Bonchev–Trinajstić information content (AvgIpc) is 2.14. The summed E-state index contributed by atoms with van der Waals surface area (Å²) in [5.74, 6) is -0.722. The van der Waals surface area contributed by atoms with Crippen molar-refractivity contribution < 1.29 is 19.4 Å². The van der Waals surface area contributed by atoms with Crippen molar-refractivity contribution in [3.63, 3.8) is 0 Å². The Morgan fingerprint density at radius 2 is 1.81 bits per heavy atom. The van der Waals surface area contributed by atoms with Crippen LogP contribution in [0, 0.1) is 5.92 Å². The maximum absolute atomic E-state index is 11.3. The molecule has 0 aromatic rings. The van der Waals surface area contributed by atoms with E-state index in [4.69, 9.17) is 5.11 Å². The highest BCUT2D eigenvalue weighted by molar-refractivity contribution is 5.78. The molecule has 2 N–H and O–H groups in total. The van der Waals surface area contributed by atoms with Crippen molar-refractivity contribution in [2.75, 3.05) is 13.2 Å². The first-order valence-corrected chi connectivity index (χ1v) is 5.50. The summed E-state index contributed by atoms with van der Waals surface area (Å²) in [7, 11) is 0. The largest absolute Gasteiger partial charge is 0.480 e. The summed E-state index contributed by atoms with van der Waals surface area (Å²) in [6, 6.07) is 0.100. The number of hydrogen-bond donors (Lipinski definition) is 2. The van der Waals surface area contributed by atoms with Gasteiger partial charge < -0.3 is 15.2 Å². The molecular formula is C11H21NO4. The molecular weight excluding hydrogens is 210 g/mol. The Hall–Kier alpha value is -1.10. The molecule has 0 saturated heterocycles. The first-order valence-electron chi connectivity index (χ1n) is 5.50. The van der Waals surface area contributed by atoms with E-state index in [-0.39, 0.29) is 18.6 Å². The molecule has 1 amide bonds. The molecule has 1 atom stereocenters. The van der Waals surface area contributed by atoms with E-state index in [9.17, 15) is 9.59 Å². The highest BCUT2D eigenvalue weighted by Gasteiger charge is 2.08. The maximum Gasteiger partial charge on any atom is 0.329 e. The van der Waals surface area contributed by atoms with Gasteiger partial charge in [-0.3, -0.25) is 4.79 Å². The quantitative estimate of drug-likeness (QED) is 0.654. The Labute approximate surface area is 96.2 Å². The minimum Gasteiger partial charge on any atom is -0.480 e. The van der Waals surface area contributed by atoms with E-state index in [0.29, 0.717) is 5.92 Å². The number of aliphatic carboxylic acids is 1. The van der Waals surface area contributed by atoms with E-state index < -0.39 is 12.6 Å². The zero-order valence-electron chi connectivity index (χ0n) is 10.2. The van der Waals surface area contributed by atoms with E-state index in [0.717, 1.165) is 12.8 Å². The van der Waals surface area contributed by atoms with Gasteiger partial charge in [-0.05, 0) is 25.7 Å². The first-order chi connectivity index (χ1) is 7.41. The fraction of sp³-hybridized carbons (Fsp3) is 0.818. The van der Waals surface area contributed by atoms with Crippen molar-refractivity contribution in [1.29, 1.82) is 0 Å². The molecule has 0 saturated carbocycles. The van der Waals surface area contributed by atoms with E-state index in [1.165, 1.54) is 0 Å². The number of carbonyl (C=O) groups is 2. The molecule has 0 bridgehead atoms. The molecule has 0 aromatic heterocycles. The second kappa shape index (κ2) is 8.10. The van der Waals surface area contributed by atoms with Gasteiger partial charge in [-0.15, -0.1) is 0 Å². The van der Waals surface area contributed by atoms with Crippen LogP contribution in [0.3, 0.4) is 0 Å². The van der Waals surface area contributed by atoms with Crippen molar-refractivity contribution in [3.8, 4) is 0 Å². The zero-order chi connectivity index (χ0) is 12.6. The van der Waals surface area contributed by atoms with Crippen LogP contribution in [0.2, 0.25) is 0 Å². The number of nitrogens with one attached hydrogen (secondary N) is 1. The van der Waals surface area contributed by atoms with Gasteiger partial charge in [0.25, 0.3) is 0 Å². The van der Waals surface area contributed by atoms with Gasteiger partial charge in [0.2, 0.25) is 5.91 Å². The van der Waals surface area contributed by atoms with Crippen LogP contribution in [0.5, 0.6) is 0 Å². The Balaban J connectivity index is 3.58. The number of hydrogen-bond acceptors (Lipinski definition) is 3. The van der Waals surface area contributed by atoms with Gasteiger partial charge in [-0.1, -0.05) is 13.8 Å². The lowest BCUT2D eigenvalue weighted by Gasteiger charge is -2.14. The maximum atomic E-state index is 11.3. The highest BCUT2D eigenvalue weighted by Crippen LogP contribution is 2.06. The van der Waals surface area contributed by atoms with Crippen LogP contribution in [0.25, 0.3) is 0 Å². The lowest BCUT2D eigenvalue weighted by molar-refractivity contribution is -0.143. The highest BCUT2D eigenvalue weighted by atomic mass is 16.5. The number of carboxylic acids is 1. The van der Waals surface area contributed by atoms with Crippen LogP contribution in [-0.2, 0) is 14.3 Å². The number of amides is 1. The minimum atomic E-state index is -1.07. The number of carboxylic acid groups (broad SMARTS) is 1. The summed E-state index contributed by atoms with van der Waals surface area (Å²) in [6.07, 6.45) is 1.97. The first kappa shape index (κ1) is 14.9. The fourth-order valence-electron chi connectivity index (χ4n) is 1.20. The predicted molar refractivity (Wildman–Crippen MR) is 60.1 cm³/mol. The number of rotatable bonds is 8. The van der Waals surface area contributed by atoms with Crippen molar-refractivity contribution in [2.24, 2.45) is 5.92 Å². The van der Waals surface area contributed by atoms with Gasteiger partial charge in [0.15, 0.2) is 0 Å². The fourth-order valence-corrected chi connectivity index (χ4v) is 1.20. The zero-order valence-corrected chi connectivity index (χ0v) is 10.2. The van der Waals surface area contributed by atoms with Crippen LogP contribution < -0.4 is 5.32 Å². The van der Waals surface area contributed by atoms with E-state index in [1.54, 1.807) is 0 Å². The lowest BCUT2D eigenvalue weighted by atomic mass is 10.0. The molecule has 0 radical (unpaired) electrons. The smallest absolute Gasteiger partial charge is 0.329 e. The summed E-state index contributed by atoms with van der Waals surface area (Å²) in [6.45, 7) is 5.55. The van der Waals surface area contributed by atoms with Gasteiger partial charge in [0.1, 0.15) is 13.2 Å². The molecule has 5 nitrogen and oxygen atoms in total. The van der Waals surface area contributed by atoms with Crippen molar-refractivity contribution in [1.82, 2.24) is 5.32 Å². The summed E-state index contributed by atoms with van der Waals surface area (Å²) < 4.78 is 4.67. The molecule has 0 spiro atoms. The molecule has 0 fully saturated rings. The molecule has 0 aliphatic heterocycles. The Morgan fingerprint density at radius 1 is 1.19 bits per heavy atom. The van der Waals surface area contributed by atoms with Crippen LogP contribution in [-0.4, -0.2) is 36.2 Å². The molecule has 0 aliphatic rings. The van der Waals surface area contributed by atoms with Gasteiger partial charge >= 0.3 is 5.97 Å². The van der Waals surface area contributed by atoms with Crippen molar-refractivity contribution in [3.05, 3.63) is 0 Å². The third kappa shape index (κ3) is 9.45. The van der Waals surface area contributed by atoms with E-state index in [2.05, 4.69) is 23.9 Å². The van der Waals surface area contributed by atoms with E-state index in [1.807, 2.05) is 6.92 Å². The van der Waals surface area contributed by atoms with E-state index >= 15 is 0 Å². The Kier molecular flexibility index (Phi) is 7.54. The monoisotopic (exact) mass is 231 g/mol. The van der Waals surface area contributed by atoms with Gasteiger partial charge in [-0.2, -0.15) is 0 Å². The lowest BCUT2D eigenvalue weighted by Crippen LogP contribution is -2.35. The standard InChI is InChI=1S/C11H21NO4/c1-8(2)4-5-9(3)12-10(13)6-16-7-11(14)15/h8-9H,4-7H2,1-3H3,(H,12,13)(H,14,15). The van der Waals surface area contributed by atoms with Crippen molar-refractivity contribution >= 4 is 11.9 Å². The Morgan fingerprint density at radius 3 is 2.31 bits per heavy atom. The Bertz CT molecular complexity index is 228. The summed E-state index contributed by atoms with van der Waals surface area (Å²) in [4.78, 5) is 21.4. The predicted octanol–water partition coefficient (Wildman–Crippen LogP) is 1.03. The number of ether oxygens (including phenoxy) is 1. The van der Waals surface area contributed by atoms with Gasteiger partial charge in [0.05, 0.1) is 0 Å². The number of carbonyl (C=O) groups excluding carboxylic acids is 1. The molecule has 1 unspecified atom stereocenters. The molecule has 94 valence electrons. The molecule has 0 aliphatic carbocycles. The summed E-state index contributed by atoms with van der Waals surface area (Å²) >= 11 is 0. The molecule has 0 aromatic carbocycles. The third-order valence-electron chi connectivity index (χ3n) is 2.04. The van der Waals surface area contributed by atoms with Crippen LogP contribution in [0.15, 0.2) is 0 Å². The molecule has 5 heteroatoms. The van der Waals surface area contributed by atoms with Crippen LogP contribution >= 0.6 is 0 Å². The second-order valence-electron chi connectivity index (χ2n) is 4.33. The van der Waals surface area contributed by atoms with Crippen LogP contribution in [0.1, 0.15) is 33.6 Å². The minimum absolute atomic E-state index is 0.100. The van der Waals surface area contributed by atoms with Gasteiger partial charge in [0, 0.05) is 6.04 Å². The second-order valence-corrected chi connectivity index (χ2v) is 4.33. The molecule has 0 rings (SSSR count). The summed E-state index contributed by atoms with van der Waals surface area (Å²) in [5, 5.41) is 11.0.